The van der Waals surface area contributed by atoms with Crippen molar-refractivity contribution in [3.05, 3.63) is 60.7 Å². The highest BCUT2D eigenvalue weighted by Gasteiger charge is 2.47. The van der Waals surface area contributed by atoms with Crippen LogP contribution in [0.25, 0.3) is 0 Å². The van der Waals surface area contributed by atoms with Gasteiger partial charge in [-0.25, -0.2) is 0 Å². The zero-order chi connectivity index (χ0) is 19.7. The van der Waals surface area contributed by atoms with E-state index >= 15 is 0 Å². The highest BCUT2D eigenvalue weighted by molar-refractivity contribution is 7.10. The van der Waals surface area contributed by atoms with E-state index in [0.29, 0.717) is 6.32 Å². The van der Waals surface area contributed by atoms with Gasteiger partial charge in [0.2, 0.25) is 8.07 Å². The zero-order valence-electron chi connectivity index (χ0n) is 17.2. The van der Waals surface area contributed by atoms with Crippen molar-refractivity contribution < 1.29 is 9.31 Å². The lowest BCUT2D eigenvalue weighted by Crippen LogP contribution is -2.63. The summed E-state index contributed by atoms with van der Waals surface area (Å²) < 4.78 is 12.1. The van der Waals surface area contributed by atoms with Crippen LogP contribution in [0.1, 0.15) is 20.8 Å². The van der Waals surface area contributed by atoms with Crippen LogP contribution < -0.4 is 10.4 Å². The molecular weight excluding hydrogens is 361 g/mol. The number of hydrogen-bond acceptors (Lipinski definition) is 3. The van der Waals surface area contributed by atoms with Gasteiger partial charge in [0.25, 0.3) is 0 Å². The maximum atomic E-state index is 6.06. The molecule has 0 spiro atoms. The lowest BCUT2D eigenvalue weighted by Gasteiger charge is -2.40. The summed E-state index contributed by atoms with van der Waals surface area (Å²) in [6, 6.07) is 21.7. The van der Waals surface area contributed by atoms with Gasteiger partial charge < -0.3 is 14.1 Å². The van der Waals surface area contributed by atoms with Gasteiger partial charge in [-0.15, -0.1) is 11.5 Å². The lowest BCUT2D eigenvalue weighted by atomic mass is 9.68. The third-order valence-corrected chi connectivity index (χ3v) is 11.4. The van der Waals surface area contributed by atoms with Gasteiger partial charge >= 0.3 is 6.69 Å². The first kappa shape index (κ1) is 19.5. The van der Waals surface area contributed by atoms with Crippen molar-refractivity contribution in [1.29, 1.82) is 0 Å². The smallest absolute Gasteiger partial charge is 0.329 e. The SMILES string of the molecule is CC(C)(C)[Si](C#CC[B-]12OCCN1CCO2)(c1ccccc1)c1ccccc1. The Labute approximate surface area is 170 Å². The second-order valence-electron chi connectivity index (χ2n) is 8.84. The van der Waals surface area contributed by atoms with E-state index < -0.39 is 14.8 Å². The van der Waals surface area contributed by atoms with Gasteiger partial charge in [0.1, 0.15) is 0 Å². The molecular formula is C23H29BNO2Si-. The van der Waals surface area contributed by atoms with E-state index in [1.807, 2.05) is 0 Å². The van der Waals surface area contributed by atoms with Gasteiger partial charge in [0, 0.05) is 13.2 Å². The van der Waals surface area contributed by atoms with E-state index in [2.05, 4.69) is 97.7 Å². The molecule has 28 heavy (non-hydrogen) atoms. The van der Waals surface area contributed by atoms with Crippen LogP contribution in [-0.2, 0) is 9.31 Å². The van der Waals surface area contributed by atoms with Crippen LogP contribution >= 0.6 is 0 Å². The maximum absolute atomic E-state index is 6.06. The van der Waals surface area contributed by atoms with Crippen LogP contribution in [0.3, 0.4) is 0 Å². The van der Waals surface area contributed by atoms with Crippen molar-refractivity contribution >= 4 is 25.1 Å². The van der Waals surface area contributed by atoms with Crippen molar-refractivity contribution in [1.82, 2.24) is 4.81 Å². The summed E-state index contributed by atoms with van der Waals surface area (Å²) in [6.45, 7) is 9.06. The summed E-state index contributed by atoms with van der Waals surface area (Å²) >= 11 is 0. The second-order valence-corrected chi connectivity index (χ2v) is 13.2. The predicted molar refractivity (Wildman–Crippen MR) is 119 cm³/mol. The van der Waals surface area contributed by atoms with Crippen LogP contribution in [0, 0.1) is 11.5 Å². The van der Waals surface area contributed by atoms with Crippen LogP contribution in [0.2, 0.25) is 11.4 Å². The lowest BCUT2D eigenvalue weighted by molar-refractivity contribution is 0.223. The Morgan fingerprint density at radius 1 is 0.893 bits per heavy atom. The molecule has 0 aromatic heterocycles. The van der Waals surface area contributed by atoms with E-state index in [1.165, 1.54) is 10.4 Å². The van der Waals surface area contributed by atoms with Crippen molar-refractivity contribution in [2.45, 2.75) is 32.1 Å². The molecule has 2 heterocycles. The van der Waals surface area contributed by atoms with E-state index in [9.17, 15) is 0 Å². The summed E-state index contributed by atoms with van der Waals surface area (Å²) in [7, 11) is -2.35. The molecule has 2 aliphatic rings. The van der Waals surface area contributed by atoms with Crippen molar-refractivity contribution in [3.63, 3.8) is 0 Å². The molecule has 3 nitrogen and oxygen atoms in total. The van der Waals surface area contributed by atoms with Gasteiger partial charge in [0.15, 0.2) is 0 Å². The van der Waals surface area contributed by atoms with Gasteiger partial charge in [-0.05, 0) is 34.8 Å². The Morgan fingerprint density at radius 2 is 1.39 bits per heavy atom. The van der Waals surface area contributed by atoms with Crippen LogP contribution in [0.4, 0.5) is 0 Å². The fraction of sp³-hybridized carbons (Fsp3) is 0.391. The van der Waals surface area contributed by atoms with Crippen molar-refractivity contribution in [2.75, 3.05) is 26.3 Å². The molecule has 5 heteroatoms. The molecule has 4 rings (SSSR count). The molecule has 2 fully saturated rings. The fourth-order valence-corrected chi connectivity index (χ4v) is 9.25. The minimum Gasteiger partial charge on any atom is -0.553 e. The molecule has 2 saturated heterocycles. The molecule has 2 aliphatic heterocycles. The minimum absolute atomic E-state index is 0.0418. The summed E-state index contributed by atoms with van der Waals surface area (Å²) in [6.07, 6.45) is 0.657. The molecule has 146 valence electrons. The molecule has 0 N–H and O–H groups in total. The Morgan fingerprint density at radius 3 is 1.86 bits per heavy atom. The monoisotopic (exact) mass is 390 g/mol. The molecule has 0 aliphatic carbocycles. The quantitative estimate of drug-likeness (QED) is 0.594. The first-order valence-electron chi connectivity index (χ1n) is 10.3. The van der Waals surface area contributed by atoms with E-state index in [-0.39, 0.29) is 5.04 Å². The molecule has 0 bridgehead atoms. The third kappa shape index (κ3) is 3.25. The van der Waals surface area contributed by atoms with Gasteiger partial charge in [-0.3, -0.25) is 0 Å². The third-order valence-electron chi connectivity index (χ3n) is 6.24. The Bertz CT molecular complexity index is 821. The maximum Gasteiger partial charge on any atom is 0.329 e. The average molecular weight is 390 g/mol. The number of benzene rings is 2. The van der Waals surface area contributed by atoms with E-state index in [0.717, 1.165) is 26.3 Å². The topological polar surface area (TPSA) is 21.7 Å². The van der Waals surface area contributed by atoms with Crippen molar-refractivity contribution in [2.24, 2.45) is 0 Å². The summed E-state index contributed by atoms with van der Waals surface area (Å²) in [5.41, 5.74) is 3.86. The van der Waals surface area contributed by atoms with E-state index in [1.54, 1.807) is 0 Å². The van der Waals surface area contributed by atoms with Crippen LogP contribution in [-0.4, -0.2) is 45.9 Å². The number of hydrogen-bond donors (Lipinski definition) is 0. The first-order chi connectivity index (χ1) is 13.5. The Kier molecular flexibility index (Phi) is 5.24. The normalized spacial score (nSPS) is 19.1. The molecule has 2 aromatic carbocycles. The molecule has 0 saturated carbocycles. The standard InChI is InChI=1S/C23H29BNO2Si/c1-23(2,3)28(21-11-6-4-7-12-21,22-13-8-5-9-14-22)20-10-15-24-25(16-18-26-24)17-19-27-24/h4-9,11-14H,15-19H2,1-3H3/q-1. The number of rotatable bonds is 3. The molecule has 0 atom stereocenters. The molecule has 0 amide bonds. The molecule has 0 unspecified atom stereocenters. The fourth-order valence-electron chi connectivity index (χ4n) is 4.77. The second kappa shape index (κ2) is 7.53. The van der Waals surface area contributed by atoms with Gasteiger partial charge in [-0.1, -0.05) is 81.4 Å². The molecule has 2 aromatic rings. The van der Waals surface area contributed by atoms with Gasteiger partial charge in [0.05, 0.1) is 0 Å². The van der Waals surface area contributed by atoms with Gasteiger partial charge in [-0.2, -0.15) is 0 Å². The average Bonchev–Trinajstić information content (AvgIpc) is 3.26. The summed E-state index contributed by atoms with van der Waals surface area (Å²) in [5, 5.41) is 2.77. The van der Waals surface area contributed by atoms with Crippen molar-refractivity contribution in [3.8, 4) is 11.5 Å². The minimum atomic E-state index is -2.35. The summed E-state index contributed by atoms with van der Waals surface area (Å²) in [5.74, 6) is 3.58. The first-order valence-corrected chi connectivity index (χ1v) is 12.3. The molecule has 0 radical (unpaired) electrons. The number of nitrogens with zero attached hydrogens (tertiary/aromatic N) is 1. The summed E-state index contributed by atoms with van der Waals surface area (Å²) in [4.78, 5) is 2.35. The number of fused-ring (bicyclic) bond motifs is 1. The largest absolute Gasteiger partial charge is 0.553 e. The predicted octanol–water partition coefficient (Wildman–Crippen LogP) is 2.89. The highest BCUT2D eigenvalue weighted by atomic mass is 28.3. The zero-order valence-corrected chi connectivity index (χ0v) is 18.2. The highest BCUT2D eigenvalue weighted by Crippen LogP contribution is 2.36. The van der Waals surface area contributed by atoms with Crippen LogP contribution in [0.5, 0.6) is 0 Å². The van der Waals surface area contributed by atoms with Crippen LogP contribution in [0.15, 0.2) is 60.7 Å². The Hall–Kier alpha value is -1.84. The van der Waals surface area contributed by atoms with E-state index in [4.69, 9.17) is 9.31 Å². The Balaban J connectivity index is 1.80.